The van der Waals surface area contributed by atoms with Crippen LogP contribution in [0.25, 0.3) is 11.3 Å². The van der Waals surface area contributed by atoms with Crippen LogP contribution in [0.1, 0.15) is 16.1 Å². The first-order chi connectivity index (χ1) is 12.5. The van der Waals surface area contributed by atoms with Crippen molar-refractivity contribution >= 4 is 23.2 Å². The molecule has 0 aliphatic carbocycles. The van der Waals surface area contributed by atoms with Crippen LogP contribution in [0.15, 0.2) is 52.9 Å². The molecule has 26 heavy (non-hydrogen) atoms. The number of amides is 1. The molecule has 5 nitrogen and oxygen atoms in total. The molecule has 134 valence electrons. The Morgan fingerprint density at radius 2 is 1.73 bits per heavy atom. The summed E-state index contributed by atoms with van der Waals surface area (Å²) in [5.41, 5.74) is 2.19. The zero-order chi connectivity index (χ0) is 18.7. The molecular formula is C20H18ClNO4. The van der Waals surface area contributed by atoms with Crippen molar-refractivity contribution in [3.8, 4) is 22.8 Å². The molecule has 2 aromatic carbocycles. The smallest absolute Gasteiger partial charge is 0.291 e. The van der Waals surface area contributed by atoms with Gasteiger partial charge in [0.2, 0.25) is 0 Å². The molecule has 0 fully saturated rings. The van der Waals surface area contributed by atoms with Gasteiger partial charge >= 0.3 is 0 Å². The number of benzene rings is 2. The van der Waals surface area contributed by atoms with Crippen LogP contribution in [0.5, 0.6) is 11.5 Å². The maximum absolute atomic E-state index is 12.5. The number of ether oxygens (including phenoxy) is 2. The SMILES string of the molecule is COc1cc(C)c(NC(=O)c2ccc(-c3ccccc3Cl)o2)cc1OC. The van der Waals surface area contributed by atoms with Gasteiger partial charge in [0, 0.05) is 17.3 Å². The molecule has 3 rings (SSSR count). The van der Waals surface area contributed by atoms with Gasteiger partial charge in [0.1, 0.15) is 5.76 Å². The Morgan fingerprint density at radius 3 is 2.42 bits per heavy atom. The fourth-order valence-corrected chi connectivity index (χ4v) is 2.79. The van der Waals surface area contributed by atoms with E-state index < -0.39 is 0 Å². The van der Waals surface area contributed by atoms with Crippen molar-refractivity contribution in [2.75, 3.05) is 19.5 Å². The first-order valence-corrected chi connectivity index (χ1v) is 8.30. The summed E-state index contributed by atoms with van der Waals surface area (Å²) in [7, 11) is 3.11. The second-order valence-electron chi connectivity index (χ2n) is 5.62. The molecule has 0 saturated heterocycles. The summed E-state index contributed by atoms with van der Waals surface area (Å²) in [5.74, 6) is 1.49. The topological polar surface area (TPSA) is 60.7 Å². The maximum Gasteiger partial charge on any atom is 0.291 e. The van der Waals surface area contributed by atoms with Gasteiger partial charge in [0.15, 0.2) is 17.3 Å². The van der Waals surface area contributed by atoms with Crippen molar-refractivity contribution in [1.82, 2.24) is 0 Å². The summed E-state index contributed by atoms with van der Waals surface area (Å²) in [4.78, 5) is 12.5. The number of methoxy groups -OCH3 is 2. The molecule has 1 aromatic heterocycles. The van der Waals surface area contributed by atoms with E-state index in [0.29, 0.717) is 28.0 Å². The maximum atomic E-state index is 12.5. The molecule has 0 saturated carbocycles. The minimum absolute atomic E-state index is 0.189. The van der Waals surface area contributed by atoms with Gasteiger partial charge in [-0.05, 0) is 42.8 Å². The molecule has 0 bridgehead atoms. The molecule has 0 spiro atoms. The summed E-state index contributed by atoms with van der Waals surface area (Å²) in [5, 5.41) is 3.39. The van der Waals surface area contributed by atoms with Gasteiger partial charge in [-0.15, -0.1) is 0 Å². The molecular weight excluding hydrogens is 354 g/mol. The first-order valence-electron chi connectivity index (χ1n) is 7.92. The molecule has 0 aliphatic heterocycles. The van der Waals surface area contributed by atoms with Crippen LogP contribution in [0.3, 0.4) is 0 Å². The van der Waals surface area contributed by atoms with Crippen LogP contribution < -0.4 is 14.8 Å². The molecule has 0 unspecified atom stereocenters. The van der Waals surface area contributed by atoms with Gasteiger partial charge in [-0.25, -0.2) is 0 Å². The zero-order valence-electron chi connectivity index (χ0n) is 14.6. The molecule has 1 heterocycles. The van der Waals surface area contributed by atoms with Crippen molar-refractivity contribution in [2.45, 2.75) is 6.92 Å². The minimum atomic E-state index is -0.362. The summed E-state index contributed by atoms with van der Waals surface area (Å²) >= 11 is 6.17. The molecule has 3 aromatic rings. The summed E-state index contributed by atoms with van der Waals surface area (Å²) in [6.07, 6.45) is 0. The van der Waals surface area contributed by atoms with E-state index in [-0.39, 0.29) is 11.7 Å². The Labute approximate surface area is 156 Å². The Kier molecular flexibility index (Phi) is 5.19. The van der Waals surface area contributed by atoms with E-state index in [0.717, 1.165) is 11.1 Å². The van der Waals surface area contributed by atoms with Crippen LogP contribution in [0, 0.1) is 6.92 Å². The second kappa shape index (κ2) is 7.54. The average Bonchev–Trinajstić information content (AvgIpc) is 3.13. The van der Waals surface area contributed by atoms with Crippen molar-refractivity contribution in [3.63, 3.8) is 0 Å². The second-order valence-corrected chi connectivity index (χ2v) is 6.03. The van der Waals surface area contributed by atoms with Crippen LogP contribution in [0.2, 0.25) is 5.02 Å². The van der Waals surface area contributed by atoms with E-state index in [1.54, 1.807) is 44.6 Å². The number of rotatable bonds is 5. The summed E-state index contributed by atoms with van der Waals surface area (Å²) < 4.78 is 16.2. The number of anilines is 1. The third kappa shape index (κ3) is 3.53. The van der Waals surface area contributed by atoms with Crippen LogP contribution in [-0.4, -0.2) is 20.1 Å². The van der Waals surface area contributed by atoms with E-state index in [1.165, 1.54) is 0 Å². The Balaban J connectivity index is 1.85. The minimum Gasteiger partial charge on any atom is -0.493 e. The lowest BCUT2D eigenvalue weighted by atomic mass is 10.1. The van der Waals surface area contributed by atoms with E-state index in [1.807, 2.05) is 25.1 Å². The number of hydrogen-bond acceptors (Lipinski definition) is 4. The lowest BCUT2D eigenvalue weighted by molar-refractivity contribution is 0.0997. The van der Waals surface area contributed by atoms with E-state index in [9.17, 15) is 4.79 Å². The van der Waals surface area contributed by atoms with Crippen molar-refractivity contribution in [1.29, 1.82) is 0 Å². The highest BCUT2D eigenvalue weighted by atomic mass is 35.5. The molecule has 1 amide bonds. The average molecular weight is 372 g/mol. The molecule has 6 heteroatoms. The fraction of sp³-hybridized carbons (Fsp3) is 0.150. The number of carbonyl (C=O) groups excluding carboxylic acids is 1. The standard InChI is InChI=1S/C20H18ClNO4/c1-12-10-18(24-2)19(25-3)11-15(12)22-20(23)17-9-8-16(26-17)13-6-4-5-7-14(13)21/h4-11H,1-3H3,(H,22,23). The highest BCUT2D eigenvalue weighted by molar-refractivity contribution is 6.33. The van der Waals surface area contributed by atoms with Gasteiger partial charge in [0.05, 0.1) is 19.2 Å². The van der Waals surface area contributed by atoms with Crippen molar-refractivity contribution in [3.05, 3.63) is 64.9 Å². The molecule has 0 radical (unpaired) electrons. The normalized spacial score (nSPS) is 10.5. The highest BCUT2D eigenvalue weighted by Gasteiger charge is 2.16. The van der Waals surface area contributed by atoms with E-state index in [2.05, 4.69) is 5.32 Å². The first kappa shape index (κ1) is 17.9. The van der Waals surface area contributed by atoms with Gasteiger partial charge in [0.25, 0.3) is 5.91 Å². The number of nitrogens with one attached hydrogen (secondary N) is 1. The fourth-order valence-electron chi connectivity index (χ4n) is 2.56. The van der Waals surface area contributed by atoms with E-state index in [4.69, 9.17) is 25.5 Å². The number of aryl methyl sites for hydroxylation is 1. The Hall–Kier alpha value is -2.92. The Morgan fingerprint density at radius 1 is 1.04 bits per heavy atom. The zero-order valence-corrected chi connectivity index (χ0v) is 15.4. The molecule has 1 N–H and O–H groups in total. The Bertz CT molecular complexity index is 949. The molecule has 0 atom stereocenters. The number of carbonyl (C=O) groups is 1. The summed E-state index contributed by atoms with van der Waals surface area (Å²) in [6, 6.07) is 14.1. The van der Waals surface area contributed by atoms with Gasteiger partial charge < -0.3 is 19.2 Å². The van der Waals surface area contributed by atoms with Gasteiger partial charge in [-0.3, -0.25) is 4.79 Å². The van der Waals surface area contributed by atoms with Crippen LogP contribution in [-0.2, 0) is 0 Å². The lowest BCUT2D eigenvalue weighted by Crippen LogP contribution is -2.12. The number of halogens is 1. The largest absolute Gasteiger partial charge is 0.493 e. The third-order valence-electron chi connectivity index (χ3n) is 3.95. The molecule has 0 aliphatic rings. The quantitative estimate of drug-likeness (QED) is 0.671. The third-order valence-corrected chi connectivity index (χ3v) is 4.28. The van der Waals surface area contributed by atoms with Gasteiger partial charge in [-0.1, -0.05) is 23.7 Å². The predicted octanol–water partition coefficient (Wildman–Crippen LogP) is 5.18. The van der Waals surface area contributed by atoms with Crippen molar-refractivity contribution in [2.24, 2.45) is 0 Å². The van der Waals surface area contributed by atoms with Crippen LogP contribution >= 0.6 is 11.6 Å². The van der Waals surface area contributed by atoms with Crippen molar-refractivity contribution < 1.29 is 18.7 Å². The monoisotopic (exact) mass is 371 g/mol. The number of furan rings is 1. The lowest BCUT2D eigenvalue weighted by Gasteiger charge is -2.13. The highest BCUT2D eigenvalue weighted by Crippen LogP contribution is 2.33. The van der Waals surface area contributed by atoms with E-state index >= 15 is 0 Å². The van der Waals surface area contributed by atoms with Crippen LogP contribution in [0.4, 0.5) is 5.69 Å². The summed E-state index contributed by atoms with van der Waals surface area (Å²) in [6.45, 7) is 1.87. The number of hydrogen-bond donors (Lipinski definition) is 1. The van der Waals surface area contributed by atoms with Gasteiger partial charge in [-0.2, -0.15) is 0 Å². The predicted molar refractivity (Wildman–Crippen MR) is 101 cm³/mol.